The van der Waals surface area contributed by atoms with Gasteiger partial charge in [0.1, 0.15) is 11.8 Å². The van der Waals surface area contributed by atoms with Crippen molar-refractivity contribution in [2.75, 3.05) is 26.4 Å². The van der Waals surface area contributed by atoms with E-state index in [-0.39, 0.29) is 18.9 Å². The number of amides is 4. The molecule has 1 aromatic carbocycles. The summed E-state index contributed by atoms with van der Waals surface area (Å²) >= 11 is 0. The lowest BCUT2D eigenvalue weighted by Crippen LogP contribution is -2.52. The van der Waals surface area contributed by atoms with Gasteiger partial charge in [-0.25, -0.2) is 5.48 Å². The number of alkyl halides is 1. The van der Waals surface area contributed by atoms with Crippen LogP contribution in [0.1, 0.15) is 44.6 Å². The summed E-state index contributed by atoms with van der Waals surface area (Å²) in [4.78, 5) is 50.1. The van der Waals surface area contributed by atoms with E-state index in [1.165, 1.54) is 0 Å². The van der Waals surface area contributed by atoms with E-state index < -0.39 is 42.3 Å². The molecular weight excluding hydrogens is 459 g/mol. The van der Waals surface area contributed by atoms with Gasteiger partial charge in [-0.3, -0.25) is 28.8 Å². The van der Waals surface area contributed by atoms with Gasteiger partial charge in [-0.15, -0.1) is 0 Å². The highest BCUT2D eigenvalue weighted by Crippen LogP contribution is 2.21. The van der Waals surface area contributed by atoms with E-state index in [2.05, 4.69) is 16.0 Å². The van der Waals surface area contributed by atoms with Gasteiger partial charge in [0.15, 0.2) is 0 Å². The molecule has 1 aromatic rings. The van der Waals surface area contributed by atoms with Gasteiger partial charge in [0.25, 0.3) is 0 Å². The van der Waals surface area contributed by atoms with Crippen LogP contribution in [0.15, 0.2) is 24.3 Å². The van der Waals surface area contributed by atoms with Crippen LogP contribution in [0.2, 0.25) is 0 Å². The molecule has 35 heavy (non-hydrogen) atoms. The summed E-state index contributed by atoms with van der Waals surface area (Å²) in [6, 6.07) is 6.12. The molecule has 4 amide bonds. The van der Waals surface area contributed by atoms with Crippen molar-refractivity contribution in [1.29, 1.82) is 0 Å². The molecule has 0 radical (unpaired) electrons. The van der Waals surface area contributed by atoms with Crippen LogP contribution >= 0.6 is 0 Å². The Kier molecular flexibility index (Phi) is 12.0. The number of hydrogen-bond donors (Lipinski definition) is 5. The molecule has 194 valence electrons. The maximum absolute atomic E-state index is 13.0. The van der Waals surface area contributed by atoms with Gasteiger partial charge in [-0.05, 0) is 49.8 Å². The van der Waals surface area contributed by atoms with E-state index in [1.807, 2.05) is 0 Å². The van der Waals surface area contributed by atoms with E-state index in [1.54, 1.807) is 36.7 Å². The molecular formula is C24H35FN4O6. The van der Waals surface area contributed by atoms with E-state index in [0.29, 0.717) is 51.0 Å². The van der Waals surface area contributed by atoms with Crippen LogP contribution < -0.4 is 26.2 Å². The zero-order chi connectivity index (χ0) is 25.6. The fourth-order valence-corrected chi connectivity index (χ4v) is 3.81. The molecule has 2 aliphatic rings. The molecule has 11 heteroatoms. The molecule has 0 aromatic heterocycles. The molecule has 0 saturated heterocycles. The van der Waals surface area contributed by atoms with E-state index in [9.17, 15) is 23.6 Å². The minimum absolute atomic E-state index is 0.159. The number of carbonyl (C=O) groups is 4. The Morgan fingerprint density at radius 3 is 2.54 bits per heavy atom. The van der Waals surface area contributed by atoms with E-state index in [4.69, 9.17) is 9.94 Å². The van der Waals surface area contributed by atoms with E-state index in [0.717, 1.165) is 5.56 Å². The smallest absolute Gasteiger partial charge is 0.247 e. The monoisotopic (exact) mass is 494 g/mol. The normalized spacial score (nSPS) is 20.7. The topological polar surface area (TPSA) is 146 Å². The number of carbonyl (C=O) groups excluding carboxylic acids is 4. The molecule has 0 spiro atoms. The third-order valence-corrected chi connectivity index (χ3v) is 5.94. The molecule has 3 rings (SSSR count). The Balaban J connectivity index is 2.08. The second-order valence-corrected chi connectivity index (χ2v) is 8.59. The quantitative estimate of drug-likeness (QED) is 0.197. The summed E-state index contributed by atoms with van der Waals surface area (Å²) in [6.45, 7) is 1.62. The van der Waals surface area contributed by atoms with Crippen LogP contribution in [0, 0.1) is 11.8 Å². The maximum atomic E-state index is 13.0. The number of ether oxygens (including phenoxy) is 1. The predicted octanol–water partition coefficient (Wildman–Crippen LogP) is 1.02. The van der Waals surface area contributed by atoms with Crippen molar-refractivity contribution in [3.8, 4) is 5.75 Å². The van der Waals surface area contributed by atoms with Gasteiger partial charge < -0.3 is 20.7 Å². The van der Waals surface area contributed by atoms with Crippen molar-refractivity contribution in [3.05, 3.63) is 29.8 Å². The first-order valence-corrected chi connectivity index (χ1v) is 11.9. The summed E-state index contributed by atoms with van der Waals surface area (Å²) in [5, 5.41) is 17.0. The molecule has 10 nitrogen and oxygen atoms in total. The number of nitrogens with one attached hydrogen (secondary N) is 4. The summed E-state index contributed by atoms with van der Waals surface area (Å²) in [7, 11) is 0. The minimum Gasteiger partial charge on any atom is -0.494 e. The molecule has 0 fully saturated rings. The van der Waals surface area contributed by atoms with Crippen LogP contribution in [-0.2, 0) is 25.6 Å². The second kappa shape index (κ2) is 14.9. The molecule has 3 atom stereocenters. The van der Waals surface area contributed by atoms with Gasteiger partial charge in [0.05, 0.1) is 25.7 Å². The number of benzene rings is 1. The molecule has 0 aliphatic carbocycles. The first-order chi connectivity index (χ1) is 16.8. The lowest BCUT2D eigenvalue weighted by Gasteiger charge is -2.25. The summed E-state index contributed by atoms with van der Waals surface area (Å²) < 4.78 is 17.8. The van der Waals surface area contributed by atoms with Crippen LogP contribution in [0.5, 0.6) is 5.75 Å². The van der Waals surface area contributed by atoms with Crippen molar-refractivity contribution in [2.45, 2.75) is 51.5 Å². The minimum atomic E-state index is -0.991. The zero-order valence-corrected chi connectivity index (χ0v) is 20.0. The van der Waals surface area contributed by atoms with Crippen LogP contribution in [0.3, 0.4) is 0 Å². The second-order valence-electron chi connectivity index (χ2n) is 8.59. The molecule has 5 N–H and O–H groups in total. The predicted molar refractivity (Wildman–Crippen MR) is 125 cm³/mol. The van der Waals surface area contributed by atoms with Gasteiger partial charge >= 0.3 is 0 Å². The van der Waals surface area contributed by atoms with E-state index >= 15 is 0 Å². The first kappa shape index (κ1) is 28.0. The standard InChI is InChI=1S/C24H35FN4O6/c1-16-19(23(32)29-34)6-5-13-35-18-9-7-17(8-10-18)14-20(28-22(16)31)24(33)27-15-21(30)26-12-4-2-3-11-25/h7-10,16,19-20,34H,2-6,11-15H2,1H3,(H,26,30)(H,27,33)(H,28,31)(H,29,32)/t16-,19+,20+/m1/s1. The number of hydroxylamine groups is 1. The highest BCUT2D eigenvalue weighted by molar-refractivity contribution is 5.92. The van der Waals surface area contributed by atoms with Gasteiger partial charge in [-0.2, -0.15) is 0 Å². The Labute approximate surface area is 204 Å². The van der Waals surface area contributed by atoms with Gasteiger partial charge in [0.2, 0.25) is 23.6 Å². The average Bonchev–Trinajstić information content (AvgIpc) is 2.86. The molecule has 0 unspecified atom stereocenters. The van der Waals surface area contributed by atoms with Gasteiger partial charge in [0, 0.05) is 18.9 Å². The largest absolute Gasteiger partial charge is 0.494 e. The summed E-state index contributed by atoms with van der Waals surface area (Å²) in [5.74, 6) is -3.16. The number of rotatable bonds is 9. The fraction of sp³-hybridized carbons (Fsp3) is 0.583. The lowest BCUT2D eigenvalue weighted by atomic mass is 9.88. The number of unbranched alkanes of at least 4 members (excludes halogenated alkanes) is 2. The fourth-order valence-electron chi connectivity index (χ4n) is 3.81. The summed E-state index contributed by atoms with van der Waals surface area (Å²) in [6.07, 6.45) is 2.68. The van der Waals surface area contributed by atoms with Crippen molar-refractivity contribution >= 4 is 23.6 Å². The molecule has 2 heterocycles. The Morgan fingerprint density at radius 1 is 1.11 bits per heavy atom. The Morgan fingerprint density at radius 2 is 1.86 bits per heavy atom. The number of hydrogen-bond acceptors (Lipinski definition) is 6. The van der Waals surface area contributed by atoms with Crippen LogP contribution in [0.4, 0.5) is 4.39 Å². The average molecular weight is 495 g/mol. The van der Waals surface area contributed by atoms with Crippen molar-refractivity contribution in [2.24, 2.45) is 11.8 Å². The highest BCUT2D eigenvalue weighted by Gasteiger charge is 2.32. The van der Waals surface area contributed by atoms with Gasteiger partial charge in [-0.1, -0.05) is 19.1 Å². The Bertz CT molecular complexity index is 851. The zero-order valence-electron chi connectivity index (χ0n) is 20.0. The van der Waals surface area contributed by atoms with Crippen LogP contribution in [0.25, 0.3) is 0 Å². The third kappa shape index (κ3) is 9.51. The van der Waals surface area contributed by atoms with Crippen LogP contribution in [-0.4, -0.2) is 61.2 Å². The van der Waals surface area contributed by atoms with Crippen molar-refractivity contribution in [3.63, 3.8) is 0 Å². The van der Waals surface area contributed by atoms with Crippen molar-refractivity contribution < 1.29 is 33.5 Å². The molecule has 0 saturated carbocycles. The lowest BCUT2D eigenvalue weighted by molar-refractivity contribution is -0.141. The maximum Gasteiger partial charge on any atom is 0.247 e. The third-order valence-electron chi connectivity index (χ3n) is 5.94. The molecule has 2 bridgehead atoms. The Hall–Kier alpha value is -3.21. The number of halogens is 1. The highest BCUT2D eigenvalue weighted by atomic mass is 19.1. The van der Waals surface area contributed by atoms with Crippen molar-refractivity contribution in [1.82, 2.24) is 21.4 Å². The first-order valence-electron chi connectivity index (χ1n) is 11.9. The molecule has 2 aliphatic heterocycles. The number of fused-ring (bicyclic) bond motifs is 11. The summed E-state index contributed by atoms with van der Waals surface area (Å²) in [5.41, 5.74) is 2.38. The SMILES string of the molecule is C[C@H]1C(=O)N[C@H](C(=O)NCC(=O)NCCCCCF)Cc2ccc(cc2)OCCC[C@@H]1C(=O)NO.